The number of rotatable bonds is 4. The second kappa shape index (κ2) is 4.75. The van der Waals surface area contributed by atoms with Gasteiger partial charge in [-0.1, -0.05) is 13.0 Å². The zero-order valence-corrected chi connectivity index (χ0v) is 9.85. The summed E-state index contributed by atoms with van der Waals surface area (Å²) in [5.41, 5.74) is 8.27. The van der Waals surface area contributed by atoms with Crippen molar-refractivity contribution in [3.8, 4) is 5.75 Å². The number of hydrogen-bond donors (Lipinski definition) is 2. The number of ether oxygens (including phenoxy) is 1. The molecular weight excluding hydrogens is 218 g/mol. The van der Waals surface area contributed by atoms with E-state index in [9.17, 15) is 4.79 Å². The van der Waals surface area contributed by atoms with Crippen molar-refractivity contribution in [3.63, 3.8) is 0 Å². The van der Waals surface area contributed by atoms with Gasteiger partial charge in [-0.15, -0.1) is 0 Å². The van der Waals surface area contributed by atoms with Crippen molar-refractivity contribution in [2.45, 2.75) is 38.3 Å². The number of carbonyl (C=O) groups is 1. The highest BCUT2D eigenvalue weighted by Gasteiger charge is 2.21. The monoisotopic (exact) mass is 235 g/mol. The molecule has 0 saturated carbocycles. The molecule has 4 heteroatoms. The van der Waals surface area contributed by atoms with Gasteiger partial charge in [0.25, 0.3) is 0 Å². The standard InChI is InChI=1S/C13H17NO3/c1-2-12(13(15)16)17-9-4-5-10-8(7-9)3-6-11(10)14/h4-5,7,11-12H,2-3,6,14H2,1H3,(H,15,16). The van der Waals surface area contributed by atoms with Gasteiger partial charge in [-0.3, -0.25) is 0 Å². The van der Waals surface area contributed by atoms with Crippen LogP contribution in [0.1, 0.15) is 36.9 Å². The molecule has 92 valence electrons. The van der Waals surface area contributed by atoms with Crippen LogP contribution in [0.4, 0.5) is 0 Å². The van der Waals surface area contributed by atoms with Gasteiger partial charge < -0.3 is 15.6 Å². The van der Waals surface area contributed by atoms with Crippen LogP contribution in [0.15, 0.2) is 18.2 Å². The van der Waals surface area contributed by atoms with Crippen molar-refractivity contribution in [1.82, 2.24) is 0 Å². The molecule has 2 rings (SSSR count). The van der Waals surface area contributed by atoms with E-state index in [1.54, 1.807) is 13.0 Å². The number of aryl methyl sites for hydroxylation is 1. The number of carboxylic acids is 1. The molecule has 1 aromatic rings. The highest BCUT2D eigenvalue weighted by atomic mass is 16.5. The maximum absolute atomic E-state index is 10.9. The summed E-state index contributed by atoms with van der Waals surface area (Å²) in [6.07, 6.45) is 1.57. The molecule has 0 aromatic heterocycles. The van der Waals surface area contributed by atoms with Gasteiger partial charge >= 0.3 is 5.97 Å². The van der Waals surface area contributed by atoms with Crippen LogP contribution < -0.4 is 10.5 Å². The van der Waals surface area contributed by atoms with E-state index in [4.69, 9.17) is 15.6 Å². The molecule has 2 unspecified atom stereocenters. The average molecular weight is 235 g/mol. The first-order chi connectivity index (χ1) is 8.11. The molecule has 3 N–H and O–H groups in total. The maximum Gasteiger partial charge on any atom is 0.344 e. The predicted octanol–water partition coefficient (Wildman–Crippen LogP) is 1.87. The molecule has 17 heavy (non-hydrogen) atoms. The summed E-state index contributed by atoms with van der Waals surface area (Å²) < 4.78 is 5.45. The minimum absolute atomic E-state index is 0.112. The van der Waals surface area contributed by atoms with Crippen molar-refractivity contribution < 1.29 is 14.6 Å². The second-order valence-corrected chi connectivity index (χ2v) is 4.36. The zero-order valence-electron chi connectivity index (χ0n) is 9.85. The van der Waals surface area contributed by atoms with Crippen LogP contribution in [0, 0.1) is 0 Å². The molecule has 0 radical (unpaired) electrons. The quantitative estimate of drug-likeness (QED) is 0.835. The lowest BCUT2D eigenvalue weighted by Gasteiger charge is -2.14. The van der Waals surface area contributed by atoms with Gasteiger partial charge in [0.1, 0.15) is 5.75 Å². The Morgan fingerprint density at radius 1 is 1.65 bits per heavy atom. The van der Waals surface area contributed by atoms with Crippen LogP contribution >= 0.6 is 0 Å². The van der Waals surface area contributed by atoms with Crippen molar-refractivity contribution >= 4 is 5.97 Å². The van der Waals surface area contributed by atoms with Crippen molar-refractivity contribution in [3.05, 3.63) is 29.3 Å². The molecule has 0 bridgehead atoms. The molecule has 1 aromatic carbocycles. The Hall–Kier alpha value is -1.55. The van der Waals surface area contributed by atoms with E-state index in [0.717, 1.165) is 18.4 Å². The fraction of sp³-hybridized carbons (Fsp3) is 0.462. The van der Waals surface area contributed by atoms with Crippen LogP contribution in [0.25, 0.3) is 0 Å². The third kappa shape index (κ3) is 2.42. The molecule has 4 nitrogen and oxygen atoms in total. The number of nitrogens with two attached hydrogens (primary N) is 1. The van der Waals surface area contributed by atoms with E-state index >= 15 is 0 Å². The van der Waals surface area contributed by atoms with Gasteiger partial charge in [0.2, 0.25) is 0 Å². The van der Waals surface area contributed by atoms with Crippen molar-refractivity contribution in [2.75, 3.05) is 0 Å². The van der Waals surface area contributed by atoms with Gasteiger partial charge in [0.05, 0.1) is 0 Å². The minimum atomic E-state index is -0.926. The van der Waals surface area contributed by atoms with Gasteiger partial charge in [-0.25, -0.2) is 4.79 Å². The lowest BCUT2D eigenvalue weighted by atomic mass is 10.1. The highest BCUT2D eigenvalue weighted by molar-refractivity contribution is 5.72. The van der Waals surface area contributed by atoms with Gasteiger partial charge in [-0.05, 0) is 42.5 Å². The molecule has 0 spiro atoms. The Bertz CT molecular complexity index is 431. The van der Waals surface area contributed by atoms with E-state index in [0.29, 0.717) is 12.2 Å². The smallest absolute Gasteiger partial charge is 0.344 e. The molecule has 0 fully saturated rings. The Morgan fingerprint density at radius 3 is 3.06 bits per heavy atom. The van der Waals surface area contributed by atoms with E-state index in [1.165, 1.54) is 5.56 Å². The van der Waals surface area contributed by atoms with Crippen LogP contribution in [0.5, 0.6) is 5.75 Å². The van der Waals surface area contributed by atoms with E-state index < -0.39 is 12.1 Å². The maximum atomic E-state index is 10.9. The summed E-state index contributed by atoms with van der Waals surface area (Å²) in [5.74, 6) is -0.309. The zero-order chi connectivity index (χ0) is 12.4. The Balaban J connectivity index is 2.16. The Labute approximate surface area is 100 Å². The second-order valence-electron chi connectivity index (χ2n) is 4.36. The van der Waals surface area contributed by atoms with Crippen molar-refractivity contribution in [1.29, 1.82) is 0 Å². The molecule has 1 aliphatic carbocycles. The number of benzene rings is 1. The van der Waals surface area contributed by atoms with E-state index in [-0.39, 0.29) is 6.04 Å². The third-order valence-corrected chi connectivity index (χ3v) is 3.16. The van der Waals surface area contributed by atoms with E-state index in [2.05, 4.69) is 0 Å². The number of fused-ring (bicyclic) bond motifs is 1. The number of carboxylic acid groups (broad SMARTS) is 1. The van der Waals surface area contributed by atoms with E-state index in [1.807, 2.05) is 12.1 Å². The molecule has 0 heterocycles. The third-order valence-electron chi connectivity index (χ3n) is 3.16. The van der Waals surface area contributed by atoms with Gasteiger partial charge in [0.15, 0.2) is 6.10 Å². The molecule has 0 amide bonds. The Morgan fingerprint density at radius 2 is 2.41 bits per heavy atom. The first kappa shape index (κ1) is 11.9. The molecule has 2 atom stereocenters. The highest BCUT2D eigenvalue weighted by Crippen LogP contribution is 2.32. The first-order valence-corrected chi connectivity index (χ1v) is 5.89. The molecule has 0 aliphatic heterocycles. The molecule has 0 saturated heterocycles. The first-order valence-electron chi connectivity index (χ1n) is 5.89. The Kier molecular flexibility index (Phi) is 3.33. The summed E-state index contributed by atoms with van der Waals surface area (Å²) in [6.45, 7) is 1.79. The average Bonchev–Trinajstić information content (AvgIpc) is 2.67. The van der Waals surface area contributed by atoms with Crippen LogP contribution in [-0.2, 0) is 11.2 Å². The normalized spacial score (nSPS) is 19.8. The number of aliphatic carboxylic acids is 1. The predicted molar refractivity (Wildman–Crippen MR) is 64.0 cm³/mol. The number of hydrogen-bond acceptors (Lipinski definition) is 3. The summed E-state index contributed by atoms with van der Waals surface area (Å²) in [7, 11) is 0. The van der Waals surface area contributed by atoms with Crippen LogP contribution in [-0.4, -0.2) is 17.2 Å². The lowest BCUT2D eigenvalue weighted by molar-refractivity contribution is -0.145. The summed E-state index contributed by atoms with van der Waals surface area (Å²) in [5, 5.41) is 8.93. The van der Waals surface area contributed by atoms with Crippen LogP contribution in [0.2, 0.25) is 0 Å². The van der Waals surface area contributed by atoms with Crippen molar-refractivity contribution in [2.24, 2.45) is 5.73 Å². The molecular formula is C13H17NO3. The fourth-order valence-corrected chi connectivity index (χ4v) is 2.17. The fourth-order valence-electron chi connectivity index (χ4n) is 2.17. The summed E-state index contributed by atoms with van der Waals surface area (Å²) in [4.78, 5) is 10.9. The topological polar surface area (TPSA) is 72.5 Å². The summed E-state index contributed by atoms with van der Waals surface area (Å²) >= 11 is 0. The van der Waals surface area contributed by atoms with Crippen LogP contribution in [0.3, 0.4) is 0 Å². The largest absolute Gasteiger partial charge is 0.479 e. The summed E-state index contributed by atoms with van der Waals surface area (Å²) in [6, 6.07) is 5.76. The van der Waals surface area contributed by atoms with Gasteiger partial charge in [0, 0.05) is 6.04 Å². The minimum Gasteiger partial charge on any atom is -0.479 e. The molecule has 1 aliphatic rings. The van der Waals surface area contributed by atoms with Gasteiger partial charge in [-0.2, -0.15) is 0 Å². The SMILES string of the molecule is CCC(Oc1ccc2c(c1)CCC2N)C(=O)O. The lowest BCUT2D eigenvalue weighted by Crippen LogP contribution is -2.25.